The zero-order chi connectivity index (χ0) is 63.1. The SMILES string of the molecule is CCCCC/C=C\C/C=C\CCCCCCCCCCCC(=O)OC1C(OCC(COC(=O)CCCCCCCCCCCCCCCCCCCCC)OC(=O)CCCCCCCCCCCCCCCCCCCCC)OC(C(=O)O)C(O)C1O. The minimum atomic E-state index is -1.90. The number of hydrogen-bond acceptors (Lipinski definition) is 11. The van der Waals surface area contributed by atoms with E-state index < -0.39 is 67.3 Å². The molecule has 1 rings (SSSR count). The first-order valence-corrected chi connectivity index (χ1v) is 37.3. The highest BCUT2D eigenvalue weighted by Gasteiger charge is 2.50. The Bertz CT molecular complexity index is 1600. The molecule has 12 nitrogen and oxygen atoms in total. The maximum atomic E-state index is 13.3. The van der Waals surface area contributed by atoms with Crippen molar-refractivity contribution in [2.45, 2.75) is 417 Å². The van der Waals surface area contributed by atoms with Gasteiger partial charge in [-0.25, -0.2) is 4.79 Å². The maximum absolute atomic E-state index is 13.3. The molecule has 0 spiro atoms. The summed E-state index contributed by atoms with van der Waals surface area (Å²) in [4.78, 5) is 51.6. The third kappa shape index (κ3) is 52.5. The molecule has 6 unspecified atom stereocenters. The van der Waals surface area contributed by atoms with Gasteiger partial charge in [0.05, 0.1) is 6.61 Å². The summed E-state index contributed by atoms with van der Waals surface area (Å²) in [5.41, 5.74) is 0. The quantitative estimate of drug-likeness (QED) is 0.0228. The van der Waals surface area contributed by atoms with Crippen LogP contribution in [0.4, 0.5) is 0 Å². The molecule has 87 heavy (non-hydrogen) atoms. The van der Waals surface area contributed by atoms with Crippen molar-refractivity contribution in [3.05, 3.63) is 24.3 Å². The van der Waals surface area contributed by atoms with Gasteiger partial charge in [0.15, 0.2) is 24.6 Å². The van der Waals surface area contributed by atoms with Crippen LogP contribution in [0.15, 0.2) is 24.3 Å². The van der Waals surface area contributed by atoms with Gasteiger partial charge in [0.2, 0.25) is 0 Å². The van der Waals surface area contributed by atoms with E-state index in [0.29, 0.717) is 19.3 Å². The summed E-state index contributed by atoms with van der Waals surface area (Å²) in [6.45, 7) is 6.07. The Morgan fingerprint density at radius 2 is 0.690 bits per heavy atom. The first kappa shape index (κ1) is 82.2. The second kappa shape index (κ2) is 63.4. The zero-order valence-corrected chi connectivity index (χ0v) is 56.8. The molecule has 0 amide bonds. The van der Waals surface area contributed by atoms with Crippen LogP contribution in [0, 0.1) is 0 Å². The van der Waals surface area contributed by atoms with Gasteiger partial charge in [-0.3, -0.25) is 14.4 Å². The number of carboxylic acids is 1. The van der Waals surface area contributed by atoms with Crippen molar-refractivity contribution in [3.8, 4) is 0 Å². The fourth-order valence-electron chi connectivity index (χ4n) is 11.8. The zero-order valence-electron chi connectivity index (χ0n) is 56.8. The van der Waals surface area contributed by atoms with Crippen LogP contribution in [-0.4, -0.2) is 89.2 Å². The van der Waals surface area contributed by atoms with Gasteiger partial charge in [-0.1, -0.05) is 334 Å². The molecule has 0 aromatic heterocycles. The number of carbonyl (C=O) groups excluding carboxylic acids is 3. The second-order valence-electron chi connectivity index (χ2n) is 26.0. The molecule has 1 heterocycles. The number of aliphatic hydroxyl groups is 2. The molecule has 0 saturated carbocycles. The Kier molecular flexibility index (Phi) is 59.9. The Hall–Kier alpha value is -2.80. The molecule has 12 heteroatoms. The fourth-order valence-corrected chi connectivity index (χ4v) is 11.8. The molecule has 0 radical (unpaired) electrons. The van der Waals surface area contributed by atoms with E-state index in [1.54, 1.807) is 0 Å². The molecule has 1 fully saturated rings. The van der Waals surface area contributed by atoms with Crippen molar-refractivity contribution in [1.29, 1.82) is 0 Å². The van der Waals surface area contributed by atoms with Crippen LogP contribution >= 0.6 is 0 Å². The van der Waals surface area contributed by atoms with Crippen LogP contribution in [0.3, 0.4) is 0 Å². The minimum absolute atomic E-state index is 0.0612. The van der Waals surface area contributed by atoms with Crippen LogP contribution in [0.25, 0.3) is 0 Å². The molecule has 0 aromatic rings. The number of carbonyl (C=O) groups is 4. The molecule has 0 bridgehead atoms. The first-order chi connectivity index (χ1) is 42.6. The number of unbranched alkanes of at least 4 members (excludes halogenated alkanes) is 48. The lowest BCUT2D eigenvalue weighted by atomic mass is 9.98. The Morgan fingerprint density at radius 1 is 0.379 bits per heavy atom. The van der Waals surface area contributed by atoms with Crippen molar-refractivity contribution in [3.63, 3.8) is 0 Å². The summed E-state index contributed by atoms with van der Waals surface area (Å²) in [6, 6.07) is 0. The summed E-state index contributed by atoms with van der Waals surface area (Å²) in [7, 11) is 0. The van der Waals surface area contributed by atoms with E-state index in [-0.39, 0.29) is 25.9 Å². The highest BCUT2D eigenvalue weighted by atomic mass is 16.7. The minimum Gasteiger partial charge on any atom is -0.479 e. The van der Waals surface area contributed by atoms with Crippen LogP contribution in [0.2, 0.25) is 0 Å². The van der Waals surface area contributed by atoms with Crippen molar-refractivity contribution in [2.24, 2.45) is 0 Å². The summed E-state index contributed by atoms with van der Waals surface area (Å²) >= 11 is 0. The Morgan fingerprint density at radius 3 is 1.06 bits per heavy atom. The normalized spacial score (nSPS) is 17.4. The Labute approximate surface area is 534 Å². The summed E-state index contributed by atoms with van der Waals surface area (Å²) in [5.74, 6) is -3.07. The fraction of sp³-hybridized carbons (Fsp3) is 0.893. The van der Waals surface area contributed by atoms with E-state index in [1.165, 1.54) is 244 Å². The van der Waals surface area contributed by atoms with Gasteiger partial charge in [0.1, 0.15) is 18.8 Å². The van der Waals surface area contributed by atoms with Crippen LogP contribution in [0.1, 0.15) is 380 Å². The molecule has 0 aromatic carbocycles. The number of aliphatic carboxylic acids is 1. The average molecular weight is 1230 g/mol. The van der Waals surface area contributed by atoms with Gasteiger partial charge in [0.25, 0.3) is 0 Å². The molecular weight excluding hydrogens is 1090 g/mol. The van der Waals surface area contributed by atoms with E-state index in [1.807, 2.05) is 0 Å². The highest BCUT2D eigenvalue weighted by Crippen LogP contribution is 2.27. The van der Waals surface area contributed by atoms with Gasteiger partial charge in [-0.15, -0.1) is 0 Å². The standard InChI is InChI=1S/C75H138O12/c1-4-7-10-13-16-19-22-25-28-31-34-37-40-43-46-49-52-55-58-61-67(76)83-64-66(85-68(77)62-59-56-53-50-47-44-41-38-35-32-29-26-23-20-17-14-11-8-5-2)65-84-75-73(71(80)70(79)72(87-75)74(81)82)86-69(78)63-60-57-54-51-48-45-42-39-36-33-30-27-24-21-18-15-12-9-6-3/h18,21,27,30,66,70-73,75,79-80H,4-17,19-20,22-26,28-29,31-65H2,1-3H3,(H,81,82)/b21-18-,30-27-. The lowest BCUT2D eigenvalue weighted by molar-refractivity contribution is -0.301. The molecule has 1 aliphatic heterocycles. The molecule has 3 N–H and O–H groups in total. The van der Waals surface area contributed by atoms with Gasteiger partial charge in [-0.05, 0) is 51.4 Å². The van der Waals surface area contributed by atoms with Gasteiger partial charge < -0.3 is 39.0 Å². The van der Waals surface area contributed by atoms with Crippen molar-refractivity contribution in [2.75, 3.05) is 13.2 Å². The van der Waals surface area contributed by atoms with Crippen molar-refractivity contribution >= 4 is 23.9 Å². The average Bonchev–Trinajstić information content (AvgIpc) is 2.60. The smallest absolute Gasteiger partial charge is 0.335 e. The highest BCUT2D eigenvalue weighted by molar-refractivity contribution is 5.74. The number of rotatable bonds is 66. The molecule has 6 atom stereocenters. The second-order valence-corrected chi connectivity index (χ2v) is 26.0. The number of aliphatic hydroxyl groups excluding tert-OH is 2. The summed E-state index contributed by atoms with van der Waals surface area (Å²) < 4.78 is 28.7. The van der Waals surface area contributed by atoms with Crippen LogP contribution < -0.4 is 0 Å². The molecule has 1 aliphatic rings. The number of esters is 3. The van der Waals surface area contributed by atoms with Gasteiger partial charge >= 0.3 is 23.9 Å². The maximum Gasteiger partial charge on any atom is 0.335 e. The predicted molar refractivity (Wildman–Crippen MR) is 359 cm³/mol. The number of hydrogen-bond donors (Lipinski definition) is 3. The topological polar surface area (TPSA) is 175 Å². The van der Waals surface area contributed by atoms with E-state index in [9.17, 15) is 34.5 Å². The van der Waals surface area contributed by atoms with Crippen LogP contribution in [-0.2, 0) is 42.9 Å². The number of allylic oxidation sites excluding steroid dienone is 4. The molecule has 0 aliphatic carbocycles. The first-order valence-electron chi connectivity index (χ1n) is 37.3. The van der Waals surface area contributed by atoms with Crippen molar-refractivity contribution < 1.29 is 58.2 Å². The third-order valence-corrected chi connectivity index (χ3v) is 17.5. The van der Waals surface area contributed by atoms with E-state index in [2.05, 4.69) is 45.1 Å². The molecule has 510 valence electrons. The molecular formula is C75H138O12. The van der Waals surface area contributed by atoms with Gasteiger partial charge in [0, 0.05) is 19.3 Å². The summed E-state index contributed by atoms with van der Waals surface area (Å²) in [6.07, 6.45) is 64.1. The monoisotopic (exact) mass is 1230 g/mol. The largest absolute Gasteiger partial charge is 0.479 e. The molecule has 1 saturated heterocycles. The predicted octanol–water partition coefficient (Wildman–Crippen LogP) is 20.9. The third-order valence-electron chi connectivity index (χ3n) is 17.5. The van der Waals surface area contributed by atoms with E-state index >= 15 is 0 Å². The Balaban J connectivity index is 2.59. The van der Waals surface area contributed by atoms with E-state index in [0.717, 1.165) is 77.0 Å². The van der Waals surface area contributed by atoms with E-state index in [4.69, 9.17) is 23.7 Å². The number of carboxylic acid groups (broad SMARTS) is 1. The van der Waals surface area contributed by atoms with Crippen molar-refractivity contribution in [1.82, 2.24) is 0 Å². The number of ether oxygens (including phenoxy) is 5. The van der Waals surface area contributed by atoms with Crippen LogP contribution in [0.5, 0.6) is 0 Å². The summed E-state index contributed by atoms with van der Waals surface area (Å²) in [5, 5.41) is 31.7. The lowest BCUT2D eigenvalue weighted by Crippen LogP contribution is -2.61. The lowest BCUT2D eigenvalue weighted by Gasteiger charge is -2.40. The van der Waals surface area contributed by atoms with Gasteiger partial charge in [-0.2, -0.15) is 0 Å².